The normalized spacial score (nSPS) is 17.3. The van der Waals surface area contributed by atoms with E-state index in [1.807, 2.05) is 23.1 Å². The van der Waals surface area contributed by atoms with Crippen LogP contribution in [-0.4, -0.2) is 60.2 Å². The fourth-order valence-electron chi connectivity index (χ4n) is 4.62. The maximum Gasteiger partial charge on any atom is 0.260 e. The van der Waals surface area contributed by atoms with E-state index in [0.29, 0.717) is 30.0 Å². The minimum Gasteiger partial charge on any atom is -0.484 e. The fraction of sp³-hybridized carbons (Fsp3) is 0.444. The van der Waals surface area contributed by atoms with Crippen LogP contribution in [0.3, 0.4) is 0 Å². The van der Waals surface area contributed by atoms with Gasteiger partial charge in [0.1, 0.15) is 5.75 Å². The van der Waals surface area contributed by atoms with E-state index in [2.05, 4.69) is 0 Å². The van der Waals surface area contributed by atoms with Gasteiger partial charge in [-0.05, 0) is 49.9 Å². The van der Waals surface area contributed by atoms with E-state index < -0.39 is 0 Å². The van der Waals surface area contributed by atoms with Gasteiger partial charge in [0.25, 0.3) is 5.91 Å². The van der Waals surface area contributed by atoms with E-state index in [9.17, 15) is 14.4 Å². The predicted molar refractivity (Wildman–Crippen MR) is 126 cm³/mol. The second kappa shape index (κ2) is 11.1. The molecule has 0 saturated carbocycles. The third-order valence-electron chi connectivity index (χ3n) is 6.63. The molecule has 174 valence electrons. The van der Waals surface area contributed by atoms with Crippen molar-refractivity contribution in [3.8, 4) is 5.75 Å². The first-order valence-electron chi connectivity index (χ1n) is 12.0. The predicted octanol–water partition coefficient (Wildman–Crippen LogP) is 3.94. The maximum absolute atomic E-state index is 12.8. The van der Waals surface area contributed by atoms with Crippen LogP contribution in [-0.2, 0) is 9.59 Å². The minimum absolute atomic E-state index is 0.0303. The summed E-state index contributed by atoms with van der Waals surface area (Å²) in [7, 11) is 0. The Balaban J connectivity index is 1.22. The van der Waals surface area contributed by atoms with Crippen LogP contribution in [0.15, 0.2) is 54.6 Å². The first-order chi connectivity index (χ1) is 16.1. The summed E-state index contributed by atoms with van der Waals surface area (Å²) in [4.78, 5) is 41.8. The lowest BCUT2D eigenvalue weighted by atomic mass is 9.95. The van der Waals surface area contributed by atoms with Crippen molar-refractivity contribution in [2.45, 2.75) is 38.5 Å². The highest BCUT2D eigenvalue weighted by Gasteiger charge is 2.30. The molecule has 6 heteroatoms. The number of likely N-dealkylation sites (tertiary alicyclic amines) is 2. The van der Waals surface area contributed by atoms with Crippen molar-refractivity contribution in [3.63, 3.8) is 0 Å². The molecule has 2 aromatic rings. The molecule has 0 N–H and O–H groups in total. The second-order valence-corrected chi connectivity index (χ2v) is 8.90. The van der Waals surface area contributed by atoms with Crippen LogP contribution < -0.4 is 4.74 Å². The maximum atomic E-state index is 12.8. The summed E-state index contributed by atoms with van der Waals surface area (Å²) >= 11 is 0. The van der Waals surface area contributed by atoms with Crippen LogP contribution in [0.25, 0.3) is 0 Å². The number of carbonyl (C=O) groups excluding carboxylic acids is 3. The zero-order chi connectivity index (χ0) is 23.0. The van der Waals surface area contributed by atoms with Gasteiger partial charge >= 0.3 is 0 Å². The van der Waals surface area contributed by atoms with Crippen molar-refractivity contribution in [3.05, 3.63) is 65.7 Å². The number of hydrogen-bond acceptors (Lipinski definition) is 4. The van der Waals surface area contributed by atoms with Gasteiger partial charge in [0.2, 0.25) is 5.91 Å². The number of ether oxygens (including phenoxy) is 1. The van der Waals surface area contributed by atoms with Crippen molar-refractivity contribution in [2.75, 3.05) is 32.8 Å². The highest BCUT2D eigenvalue weighted by molar-refractivity contribution is 6.09. The van der Waals surface area contributed by atoms with E-state index in [1.54, 1.807) is 41.3 Å². The van der Waals surface area contributed by atoms with Gasteiger partial charge in [0.05, 0.1) is 0 Å². The summed E-state index contributed by atoms with van der Waals surface area (Å²) in [5.41, 5.74) is 1.22. The highest BCUT2D eigenvalue weighted by atomic mass is 16.5. The van der Waals surface area contributed by atoms with Crippen LogP contribution in [0.4, 0.5) is 0 Å². The quantitative estimate of drug-likeness (QED) is 0.628. The molecule has 0 unspecified atom stereocenters. The third kappa shape index (κ3) is 6.01. The number of piperidine rings is 1. The number of nitrogens with zero attached hydrogens (tertiary/aromatic N) is 2. The third-order valence-corrected chi connectivity index (χ3v) is 6.63. The van der Waals surface area contributed by atoms with E-state index in [4.69, 9.17) is 4.74 Å². The smallest absolute Gasteiger partial charge is 0.260 e. The topological polar surface area (TPSA) is 66.9 Å². The van der Waals surface area contributed by atoms with Gasteiger partial charge in [-0.2, -0.15) is 0 Å². The van der Waals surface area contributed by atoms with Crippen LogP contribution >= 0.6 is 0 Å². The second-order valence-electron chi connectivity index (χ2n) is 8.90. The molecule has 2 aliphatic heterocycles. The van der Waals surface area contributed by atoms with E-state index >= 15 is 0 Å². The van der Waals surface area contributed by atoms with Crippen molar-refractivity contribution in [1.29, 1.82) is 0 Å². The van der Waals surface area contributed by atoms with Gasteiger partial charge in [-0.3, -0.25) is 14.4 Å². The number of ketones is 1. The molecular weight excluding hydrogens is 416 g/mol. The molecular formula is C27H32N2O4. The Labute approximate surface area is 195 Å². The molecule has 0 aliphatic carbocycles. The molecule has 0 aromatic heterocycles. The summed E-state index contributed by atoms with van der Waals surface area (Å²) in [5.74, 6) is 0.739. The van der Waals surface area contributed by atoms with Crippen molar-refractivity contribution >= 4 is 17.6 Å². The molecule has 2 fully saturated rings. The van der Waals surface area contributed by atoms with Crippen LogP contribution in [0.2, 0.25) is 0 Å². The average Bonchev–Trinajstić information content (AvgIpc) is 3.17. The lowest BCUT2D eigenvalue weighted by Gasteiger charge is -2.34. The molecule has 2 aliphatic rings. The highest BCUT2D eigenvalue weighted by Crippen LogP contribution is 2.22. The molecule has 2 amide bonds. The SMILES string of the molecule is O=C(c1ccccc1)c1ccc(OCC(=O)N2CCC(C(=O)N3CCCCCC3)CC2)cc1. The molecule has 0 spiro atoms. The summed E-state index contributed by atoms with van der Waals surface area (Å²) < 4.78 is 5.67. The Morgan fingerprint density at radius 2 is 1.33 bits per heavy atom. The zero-order valence-corrected chi connectivity index (χ0v) is 19.1. The molecule has 0 atom stereocenters. The number of hydrogen-bond donors (Lipinski definition) is 0. The Morgan fingerprint density at radius 1 is 0.727 bits per heavy atom. The Bertz CT molecular complexity index is 942. The lowest BCUT2D eigenvalue weighted by Crippen LogP contribution is -2.45. The molecule has 6 nitrogen and oxygen atoms in total. The summed E-state index contributed by atoms with van der Waals surface area (Å²) in [5, 5.41) is 0. The van der Waals surface area contributed by atoms with Crippen LogP contribution in [0.5, 0.6) is 5.75 Å². The average molecular weight is 449 g/mol. The van der Waals surface area contributed by atoms with Crippen molar-refractivity contribution < 1.29 is 19.1 Å². The number of carbonyl (C=O) groups is 3. The zero-order valence-electron chi connectivity index (χ0n) is 19.1. The number of rotatable bonds is 6. The molecule has 2 saturated heterocycles. The Morgan fingerprint density at radius 3 is 1.97 bits per heavy atom. The minimum atomic E-state index is -0.0693. The largest absolute Gasteiger partial charge is 0.484 e. The number of amides is 2. The van der Waals surface area contributed by atoms with Crippen LogP contribution in [0.1, 0.15) is 54.4 Å². The lowest BCUT2D eigenvalue weighted by molar-refractivity contribution is -0.141. The van der Waals surface area contributed by atoms with E-state index in [-0.39, 0.29) is 30.1 Å². The first kappa shape index (κ1) is 23.0. The van der Waals surface area contributed by atoms with Gasteiger partial charge < -0.3 is 14.5 Å². The summed E-state index contributed by atoms with van der Waals surface area (Å²) in [6, 6.07) is 16.0. The van der Waals surface area contributed by atoms with E-state index in [1.165, 1.54) is 12.8 Å². The molecule has 0 bridgehead atoms. The fourth-order valence-corrected chi connectivity index (χ4v) is 4.62. The van der Waals surface area contributed by atoms with Crippen LogP contribution in [0, 0.1) is 5.92 Å². The molecule has 2 heterocycles. The van der Waals surface area contributed by atoms with Gasteiger partial charge in [-0.25, -0.2) is 0 Å². The van der Waals surface area contributed by atoms with Gasteiger partial charge in [-0.15, -0.1) is 0 Å². The summed E-state index contributed by atoms with van der Waals surface area (Å²) in [6.45, 7) is 2.90. The molecule has 4 rings (SSSR count). The standard InChI is InChI=1S/C27H32N2O4/c30-25(28-18-14-23(15-19-28)27(32)29-16-6-1-2-7-17-29)20-33-24-12-10-22(11-13-24)26(31)21-8-4-3-5-9-21/h3-5,8-13,23H,1-2,6-7,14-20H2. The first-order valence-corrected chi connectivity index (χ1v) is 12.0. The van der Waals surface area contributed by atoms with Crippen molar-refractivity contribution in [2.24, 2.45) is 5.92 Å². The van der Waals surface area contributed by atoms with Gasteiger partial charge in [0, 0.05) is 43.2 Å². The van der Waals surface area contributed by atoms with Crippen molar-refractivity contribution in [1.82, 2.24) is 9.80 Å². The Kier molecular flexibility index (Phi) is 7.76. The number of benzene rings is 2. The van der Waals surface area contributed by atoms with E-state index in [0.717, 1.165) is 38.8 Å². The summed E-state index contributed by atoms with van der Waals surface area (Å²) in [6.07, 6.45) is 6.06. The van der Waals surface area contributed by atoms with Gasteiger partial charge in [0.15, 0.2) is 12.4 Å². The molecule has 0 radical (unpaired) electrons. The Hall–Kier alpha value is -3.15. The van der Waals surface area contributed by atoms with Gasteiger partial charge in [-0.1, -0.05) is 43.2 Å². The monoisotopic (exact) mass is 448 g/mol. The molecule has 2 aromatic carbocycles. The molecule has 33 heavy (non-hydrogen) atoms.